The Balaban J connectivity index is 1.14. The first-order valence-electron chi connectivity index (χ1n) is 17.2. The number of rotatable bonds is 12. The standard InChI is InChI=1S/C39H38Cl2F2N4O5/c1-22(48)46-19-26-16-30(24-4-8-28(9-5-24)51-21-29-17-34(45-52-29)37-32(42)11-12-33(43)38(37)41)36(35(20-46)44-26)39(49)47(27-6-7-27)18-25-15-23(13-14-50-2)3-10-31(25)40/h3-5,8-12,15,17,26-27,35,44H,6-7,13-14,16,18-21H2,1-2H3/t26-,35-/m1/s1. The van der Waals surface area contributed by atoms with Crippen molar-refractivity contribution in [3.8, 4) is 17.0 Å². The summed E-state index contributed by atoms with van der Waals surface area (Å²) in [5, 5.41) is 7.71. The minimum Gasteiger partial charge on any atom is -0.486 e. The van der Waals surface area contributed by atoms with Crippen molar-refractivity contribution in [3.63, 3.8) is 0 Å². The Labute approximate surface area is 310 Å². The fourth-order valence-electron chi connectivity index (χ4n) is 7.01. The summed E-state index contributed by atoms with van der Waals surface area (Å²) in [6.45, 7) is 3.46. The van der Waals surface area contributed by atoms with E-state index in [2.05, 4.69) is 16.5 Å². The molecule has 52 heavy (non-hydrogen) atoms. The summed E-state index contributed by atoms with van der Waals surface area (Å²) in [5.74, 6) is -0.740. The van der Waals surface area contributed by atoms with Crippen molar-refractivity contribution in [2.75, 3.05) is 26.8 Å². The molecule has 272 valence electrons. The number of benzene rings is 3. The van der Waals surface area contributed by atoms with Gasteiger partial charge in [-0.05, 0) is 78.3 Å². The molecule has 2 aliphatic heterocycles. The molecule has 13 heteroatoms. The maximum atomic E-state index is 14.8. The maximum absolute atomic E-state index is 14.8. The van der Waals surface area contributed by atoms with E-state index in [4.69, 9.17) is 37.2 Å². The fourth-order valence-corrected chi connectivity index (χ4v) is 7.43. The minimum atomic E-state index is -0.763. The molecule has 4 aromatic rings. The smallest absolute Gasteiger partial charge is 0.252 e. The monoisotopic (exact) mass is 750 g/mol. The average molecular weight is 752 g/mol. The molecule has 7 rings (SSSR count). The number of hydrogen-bond donors (Lipinski definition) is 1. The van der Waals surface area contributed by atoms with Crippen molar-refractivity contribution in [1.82, 2.24) is 20.3 Å². The number of ether oxygens (including phenoxy) is 2. The Kier molecular flexibility index (Phi) is 10.7. The largest absolute Gasteiger partial charge is 0.486 e. The van der Waals surface area contributed by atoms with Gasteiger partial charge in [-0.2, -0.15) is 0 Å². The third-order valence-electron chi connectivity index (χ3n) is 9.82. The lowest BCUT2D eigenvalue weighted by molar-refractivity contribution is -0.132. The third kappa shape index (κ3) is 7.73. The molecule has 2 atom stereocenters. The molecule has 0 radical (unpaired) electrons. The second kappa shape index (κ2) is 15.4. The van der Waals surface area contributed by atoms with Crippen LogP contribution in [0.1, 0.15) is 48.6 Å². The van der Waals surface area contributed by atoms with Crippen LogP contribution in [0.15, 0.2) is 70.8 Å². The van der Waals surface area contributed by atoms with Crippen LogP contribution >= 0.6 is 23.2 Å². The molecular formula is C39H38Cl2F2N4O5. The molecular weight excluding hydrogens is 713 g/mol. The van der Waals surface area contributed by atoms with Gasteiger partial charge in [0.2, 0.25) is 5.91 Å². The number of hydrogen-bond acceptors (Lipinski definition) is 7. The van der Waals surface area contributed by atoms with Gasteiger partial charge >= 0.3 is 0 Å². The Hall–Kier alpha value is -4.29. The van der Waals surface area contributed by atoms with E-state index in [9.17, 15) is 18.4 Å². The summed E-state index contributed by atoms with van der Waals surface area (Å²) in [5.41, 5.74) is 4.33. The summed E-state index contributed by atoms with van der Waals surface area (Å²) in [7, 11) is 1.67. The second-order valence-electron chi connectivity index (χ2n) is 13.5. The van der Waals surface area contributed by atoms with Gasteiger partial charge in [0.1, 0.15) is 29.7 Å². The Morgan fingerprint density at radius 3 is 2.54 bits per heavy atom. The van der Waals surface area contributed by atoms with Gasteiger partial charge in [0.15, 0.2) is 5.76 Å². The van der Waals surface area contributed by atoms with Gasteiger partial charge < -0.3 is 29.1 Å². The number of fused-ring (bicyclic) bond motifs is 2. The van der Waals surface area contributed by atoms with Crippen LogP contribution in [0.2, 0.25) is 10.0 Å². The van der Waals surface area contributed by atoms with Gasteiger partial charge in [0, 0.05) is 62.4 Å². The number of piperazine rings is 1. The van der Waals surface area contributed by atoms with Crippen molar-refractivity contribution < 1.29 is 32.4 Å². The zero-order chi connectivity index (χ0) is 36.5. The highest BCUT2D eigenvalue weighted by atomic mass is 35.5. The molecule has 1 saturated carbocycles. The van der Waals surface area contributed by atoms with Crippen LogP contribution in [-0.4, -0.2) is 71.7 Å². The lowest BCUT2D eigenvalue weighted by Crippen LogP contribution is -2.61. The molecule has 0 spiro atoms. The number of aromatic nitrogens is 1. The molecule has 1 aromatic heterocycles. The zero-order valence-corrected chi connectivity index (χ0v) is 30.3. The minimum absolute atomic E-state index is 0.0107. The number of nitrogens with zero attached hydrogens (tertiary/aromatic N) is 3. The molecule has 1 N–H and O–H groups in total. The molecule has 1 aliphatic carbocycles. The van der Waals surface area contributed by atoms with Crippen molar-refractivity contribution in [2.24, 2.45) is 0 Å². The highest BCUT2D eigenvalue weighted by molar-refractivity contribution is 6.33. The van der Waals surface area contributed by atoms with E-state index in [-0.39, 0.29) is 52.8 Å². The Morgan fingerprint density at radius 1 is 1.04 bits per heavy atom. The van der Waals surface area contributed by atoms with Crippen LogP contribution in [0.4, 0.5) is 8.78 Å². The lowest BCUT2D eigenvalue weighted by atomic mass is 9.82. The van der Waals surface area contributed by atoms with Gasteiger partial charge in [-0.1, -0.05) is 52.6 Å². The molecule has 9 nitrogen and oxygen atoms in total. The summed E-state index contributed by atoms with van der Waals surface area (Å²) in [4.78, 5) is 31.0. The third-order valence-corrected chi connectivity index (χ3v) is 10.6. The molecule has 3 aliphatic rings. The SMILES string of the molecule is COCCc1ccc(Cl)c(CN(C(=O)C2=C(c3ccc(OCc4cc(-c5c(F)ccc(F)c5Cl)no4)cc3)C[C@@H]3CN(C(C)=O)C[C@H]2N3)C2CC2)c1. The molecule has 0 unspecified atom stereocenters. The topological polar surface area (TPSA) is 97.1 Å². The highest BCUT2D eigenvalue weighted by Gasteiger charge is 2.43. The fraction of sp³-hybridized carbons (Fsp3) is 0.359. The Bertz CT molecular complexity index is 2020. The van der Waals surface area contributed by atoms with Crippen molar-refractivity contribution in [2.45, 2.75) is 63.9 Å². The summed E-state index contributed by atoms with van der Waals surface area (Å²) in [6.07, 6.45) is 3.13. The molecule has 1 saturated heterocycles. The number of nitrogens with one attached hydrogen (secondary N) is 1. The number of halogens is 4. The quantitative estimate of drug-likeness (QED) is 0.153. The zero-order valence-electron chi connectivity index (χ0n) is 28.8. The molecule has 2 fully saturated rings. The van der Waals surface area contributed by atoms with Crippen molar-refractivity contribution in [1.29, 1.82) is 0 Å². The second-order valence-corrected chi connectivity index (χ2v) is 14.3. The van der Waals surface area contributed by atoms with E-state index in [1.54, 1.807) is 14.0 Å². The molecule has 2 bridgehead atoms. The first-order chi connectivity index (χ1) is 25.1. The Morgan fingerprint density at radius 2 is 1.81 bits per heavy atom. The van der Waals surface area contributed by atoms with Gasteiger partial charge in [0.25, 0.3) is 5.91 Å². The van der Waals surface area contributed by atoms with Gasteiger partial charge in [-0.25, -0.2) is 8.78 Å². The first kappa shape index (κ1) is 36.1. The summed E-state index contributed by atoms with van der Waals surface area (Å²) < 4.78 is 44.9. The van der Waals surface area contributed by atoms with Crippen LogP contribution in [0.5, 0.6) is 5.75 Å². The van der Waals surface area contributed by atoms with Gasteiger partial charge in [0.05, 0.1) is 23.2 Å². The first-order valence-corrected chi connectivity index (χ1v) is 18.0. The number of carbonyl (C=O) groups is 2. The van der Waals surface area contributed by atoms with Gasteiger partial charge in [-0.3, -0.25) is 9.59 Å². The molecule has 2 amide bonds. The molecule has 3 aromatic carbocycles. The lowest BCUT2D eigenvalue weighted by Gasteiger charge is -2.44. The summed E-state index contributed by atoms with van der Waals surface area (Å²) >= 11 is 12.7. The predicted molar refractivity (Wildman–Crippen MR) is 193 cm³/mol. The molecule has 3 heterocycles. The average Bonchev–Trinajstić information content (AvgIpc) is 3.88. The van der Waals surface area contributed by atoms with Crippen LogP contribution in [0, 0.1) is 11.6 Å². The van der Waals surface area contributed by atoms with Crippen LogP contribution in [0.3, 0.4) is 0 Å². The maximum Gasteiger partial charge on any atom is 0.252 e. The van der Waals surface area contributed by atoms with E-state index in [0.29, 0.717) is 54.8 Å². The van der Waals surface area contributed by atoms with Crippen molar-refractivity contribution in [3.05, 3.63) is 110 Å². The van der Waals surface area contributed by atoms with E-state index in [1.165, 1.54) is 6.07 Å². The van der Waals surface area contributed by atoms with Crippen molar-refractivity contribution >= 4 is 40.6 Å². The van der Waals surface area contributed by atoms with E-state index in [0.717, 1.165) is 53.7 Å². The van der Waals surface area contributed by atoms with Crippen LogP contribution in [-0.2, 0) is 33.9 Å². The summed E-state index contributed by atoms with van der Waals surface area (Å²) in [6, 6.07) is 16.5. The predicted octanol–water partition coefficient (Wildman–Crippen LogP) is 7.23. The number of amides is 2. The number of methoxy groups -OCH3 is 1. The highest BCUT2D eigenvalue weighted by Crippen LogP contribution is 2.39. The van der Waals surface area contributed by atoms with Crippen LogP contribution < -0.4 is 10.1 Å². The normalized spacial score (nSPS) is 18.5. The van der Waals surface area contributed by atoms with E-state index < -0.39 is 11.6 Å². The van der Waals surface area contributed by atoms with Gasteiger partial charge in [-0.15, -0.1) is 0 Å². The van der Waals surface area contributed by atoms with Crippen LogP contribution in [0.25, 0.3) is 16.8 Å². The van der Waals surface area contributed by atoms with E-state index >= 15 is 0 Å². The number of carbonyl (C=O) groups excluding carboxylic acids is 2. The van der Waals surface area contributed by atoms with E-state index in [1.807, 2.05) is 46.2 Å².